The summed E-state index contributed by atoms with van der Waals surface area (Å²) in [7, 11) is 1.88. The summed E-state index contributed by atoms with van der Waals surface area (Å²) in [6.07, 6.45) is 7.08. The zero-order chi connectivity index (χ0) is 25.8. The van der Waals surface area contributed by atoms with Crippen LogP contribution in [-0.4, -0.2) is 54.1 Å². The van der Waals surface area contributed by atoms with Gasteiger partial charge in [-0.3, -0.25) is 14.5 Å². The fourth-order valence-electron chi connectivity index (χ4n) is 4.97. The summed E-state index contributed by atoms with van der Waals surface area (Å²) in [5, 5.41) is 15.6. The van der Waals surface area contributed by atoms with Crippen LogP contribution in [0.25, 0.3) is 0 Å². The Morgan fingerprint density at radius 3 is 2.28 bits per heavy atom. The smallest absolute Gasteiger partial charge is 0.243 e. The van der Waals surface area contributed by atoms with Crippen molar-refractivity contribution in [3.05, 3.63) is 71.3 Å². The molecule has 0 radical (unpaired) electrons. The van der Waals surface area contributed by atoms with Gasteiger partial charge < -0.3 is 21.5 Å². The van der Waals surface area contributed by atoms with E-state index in [2.05, 4.69) is 10.6 Å². The Hall–Kier alpha value is -2.74. The molecule has 196 valence electrons. The number of hydrogen-bond donors (Lipinski definition) is 4. The number of carbonyl (C=O) groups excluding carboxylic acids is 2. The first kappa shape index (κ1) is 27.8. The maximum atomic E-state index is 13.6. The third-order valence-electron chi connectivity index (χ3n) is 7.21. The second-order valence-electron chi connectivity index (χ2n) is 9.95. The Kier molecular flexibility index (Phi) is 11.4. The van der Waals surface area contributed by atoms with Gasteiger partial charge in [-0.1, -0.05) is 86.7 Å². The number of benzene rings is 2. The molecular formula is C29H42N4O3. The molecule has 1 fully saturated rings. The molecule has 2 amide bonds. The molecule has 7 heteroatoms. The Labute approximate surface area is 215 Å². The monoisotopic (exact) mass is 494 g/mol. The molecule has 0 aliphatic heterocycles. The summed E-state index contributed by atoms with van der Waals surface area (Å²) in [4.78, 5) is 28.8. The van der Waals surface area contributed by atoms with Gasteiger partial charge >= 0.3 is 0 Å². The Bertz CT molecular complexity index is 929. The van der Waals surface area contributed by atoms with E-state index in [9.17, 15) is 14.7 Å². The standard InChI is InChI=1S/C29H42N4O3/c1-33(16-17-34)27(19-23-10-6-3-7-11-23)29(36)32-26(18-22-8-4-2-5-9-22)28(35)31-21-25-14-12-24(20-30)13-15-25/h2,4-5,8-9,12-15,23,26-27,34H,3,6-7,10-11,16-21,30H2,1H3,(H,31,35)(H,32,36)/t26-,27+/m0/s1. The highest BCUT2D eigenvalue weighted by molar-refractivity contribution is 5.90. The molecule has 7 nitrogen and oxygen atoms in total. The number of carbonyl (C=O) groups is 2. The molecule has 0 aromatic heterocycles. The largest absolute Gasteiger partial charge is 0.395 e. The van der Waals surface area contributed by atoms with Crippen molar-refractivity contribution in [2.24, 2.45) is 11.7 Å². The van der Waals surface area contributed by atoms with Crippen LogP contribution in [-0.2, 0) is 29.1 Å². The normalized spacial score (nSPS) is 15.9. The van der Waals surface area contributed by atoms with Crippen molar-refractivity contribution in [2.75, 3.05) is 20.2 Å². The minimum Gasteiger partial charge on any atom is -0.395 e. The topological polar surface area (TPSA) is 108 Å². The number of aliphatic hydroxyl groups is 1. The molecule has 5 N–H and O–H groups in total. The van der Waals surface area contributed by atoms with Crippen molar-refractivity contribution >= 4 is 11.8 Å². The summed E-state index contributed by atoms with van der Waals surface area (Å²) < 4.78 is 0. The van der Waals surface area contributed by atoms with Gasteiger partial charge in [0.1, 0.15) is 6.04 Å². The number of likely N-dealkylation sites (N-methyl/N-ethyl adjacent to an activating group) is 1. The van der Waals surface area contributed by atoms with Gasteiger partial charge in [-0.25, -0.2) is 0 Å². The highest BCUT2D eigenvalue weighted by Crippen LogP contribution is 2.28. The molecule has 36 heavy (non-hydrogen) atoms. The van der Waals surface area contributed by atoms with Crippen LogP contribution in [0.3, 0.4) is 0 Å². The second-order valence-corrected chi connectivity index (χ2v) is 9.95. The van der Waals surface area contributed by atoms with Crippen molar-refractivity contribution in [3.63, 3.8) is 0 Å². The minimum atomic E-state index is -0.695. The van der Waals surface area contributed by atoms with Crippen LogP contribution in [0.2, 0.25) is 0 Å². The quantitative estimate of drug-likeness (QED) is 0.343. The van der Waals surface area contributed by atoms with Crippen molar-refractivity contribution in [2.45, 2.75) is 70.1 Å². The predicted molar refractivity (Wildman–Crippen MR) is 143 cm³/mol. The fourth-order valence-corrected chi connectivity index (χ4v) is 4.97. The fraction of sp³-hybridized carbons (Fsp3) is 0.517. The van der Waals surface area contributed by atoms with Crippen molar-refractivity contribution in [1.29, 1.82) is 0 Å². The van der Waals surface area contributed by atoms with E-state index in [0.29, 0.717) is 32.0 Å². The number of amides is 2. The zero-order valence-electron chi connectivity index (χ0n) is 21.5. The van der Waals surface area contributed by atoms with Crippen LogP contribution >= 0.6 is 0 Å². The van der Waals surface area contributed by atoms with E-state index < -0.39 is 6.04 Å². The number of nitrogens with one attached hydrogen (secondary N) is 2. The molecule has 2 aromatic rings. The highest BCUT2D eigenvalue weighted by Gasteiger charge is 2.30. The van der Waals surface area contributed by atoms with Gasteiger partial charge in [0.15, 0.2) is 0 Å². The van der Waals surface area contributed by atoms with Gasteiger partial charge in [0.05, 0.1) is 12.6 Å². The lowest BCUT2D eigenvalue weighted by atomic mass is 9.84. The molecule has 1 saturated carbocycles. The molecule has 1 aliphatic rings. The van der Waals surface area contributed by atoms with E-state index in [1.54, 1.807) is 0 Å². The summed E-state index contributed by atoms with van der Waals surface area (Å²) >= 11 is 0. The maximum Gasteiger partial charge on any atom is 0.243 e. The van der Waals surface area contributed by atoms with Crippen LogP contribution < -0.4 is 16.4 Å². The van der Waals surface area contributed by atoms with Crippen LogP contribution in [0.15, 0.2) is 54.6 Å². The second kappa shape index (κ2) is 14.7. The number of rotatable bonds is 13. The average Bonchev–Trinajstić information content (AvgIpc) is 2.91. The molecular weight excluding hydrogens is 452 g/mol. The first-order chi connectivity index (χ1) is 17.5. The summed E-state index contributed by atoms with van der Waals surface area (Å²) in [5.74, 6) is 0.129. The van der Waals surface area contributed by atoms with Gasteiger partial charge in [-0.2, -0.15) is 0 Å². The van der Waals surface area contributed by atoms with E-state index in [1.165, 1.54) is 19.3 Å². The first-order valence-corrected chi connectivity index (χ1v) is 13.2. The van der Waals surface area contributed by atoms with Crippen LogP contribution in [0.5, 0.6) is 0 Å². The number of nitrogens with zero attached hydrogens (tertiary/aromatic N) is 1. The molecule has 0 heterocycles. The van der Waals surface area contributed by atoms with Crippen molar-refractivity contribution < 1.29 is 14.7 Å². The molecule has 2 atom stereocenters. The summed E-state index contributed by atoms with van der Waals surface area (Å²) in [6, 6.07) is 16.5. The lowest BCUT2D eigenvalue weighted by Gasteiger charge is -2.32. The van der Waals surface area contributed by atoms with E-state index in [-0.39, 0.29) is 24.5 Å². The molecule has 0 spiro atoms. The number of nitrogens with two attached hydrogens (primary N) is 1. The SMILES string of the molecule is CN(CCO)[C@H](CC1CCCCC1)C(=O)N[C@@H](Cc1ccccc1)C(=O)NCc1ccc(CN)cc1. The molecule has 0 saturated heterocycles. The minimum absolute atomic E-state index is 0.0121. The molecule has 3 rings (SSSR count). The summed E-state index contributed by atoms with van der Waals surface area (Å²) in [5.41, 5.74) is 8.67. The van der Waals surface area contributed by atoms with Gasteiger partial charge in [0, 0.05) is 26.1 Å². The lowest BCUT2D eigenvalue weighted by Crippen LogP contribution is -2.54. The van der Waals surface area contributed by atoms with Crippen LogP contribution in [0.1, 0.15) is 55.2 Å². The zero-order valence-corrected chi connectivity index (χ0v) is 21.5. The van der Waals surface area contributed by atoms with Crippen LogP contribution in [0, 0.1) is 5.92 Å². The van der Waals surface area contributed by atoms with Crippen LogP contribution in [0.4, 0.5) is 0 Å². The molecule has 2 aromatic carbocycles. The maximum absolute atomic E-state index is 13.6. The van der Waals surface area contributed by atoms with E-state index in [0.717, 1.165) is 36.0 Å². The third-order valence-corrected chi connectivity index (χ3v) is 7.21. The van der Waals surface area contributed by atoms with E-state index in [1.807, 2.05) is 66.5 Å². The predicted octanol–water partition coefficient (Wildman–Crippen LogP) is 2.75. The molecule has 0 unspecified atom stereocenters. The summed E-state index contributed by atoms with van der Waals surface area (Å²) in [6.45, 7) is 1.26. The van der Waals surface area contributed by atoms with E-state index >= 15 is 0 Å². The third kappa shape index (κ3) is 8.73. The van der Waals surface area contributed by atoms with Crippen molar-refractivity contribution in [1.82, 2.24) is 15.5 Å². The Balaban J connectivity index is 1.71. The number of hydrogen-bond acceptors (Lipinski definition) is 5. The first-order valence-electron chi connectivity index (χ1n) is 13.2. The Morgan fingerprint density at radius 1 is 0.972 bits per heavy atom. The van der Waals surface area contributed by atoms with Gasteiger partial charge in [-0.15, -0.1) is 0 Å². The van der Waals surface area contributed by atoms with Gasteiger partial charge in [-0.05, 0) is 36.1 Å². The number of aliphatic hydroxyl groups excluding tert-OH is 1. The molecule has 1 aliphatic carbocycles. The lowest BCUT2D eigenvalue weighted by molar-refractivity contribution is -0.132. The average molecular weight is 495 g/mol. The Morgan fingerprint density at radius 2 is 1.64 bits per heavy atom. The highest BCUT2D eigenvalue weighted by atomic mass is 16.3. The van der Waals surface area contributed by atoms with Gasteiger partial charge in [0.25, 0.3) is 0 Å². The van der Waals surface area contributed by atoms with E-state index in [4.69, 9.17) is 5.73 Å². The molecule has 0 bridgehead atoms. The van der Waals surface area contributed by atoms with Gasteiger partial charge in [0.2, 0.25) is 11.8 Å². The van der Waals surface area contributed by atoms with Crippen molar-refractivity contribution in [3.8, 4) is 0 Å².